The summed E-state index contributed by atoms with van der Waals surface area (Å²) in [6, 6.07) is 4.90. The second kappa shape index (κ2) is 4.19. The monoisotopic (exact) mass is 205 g/mol. The average molecular weight is 205 g/mol. The van der Waals surface area contributed by atoms with E-state index in [-0.39, 0.29) is 0 Å². The Bertz CT molecular complexity index is 345. The Hall–Kier alpha value is -1.09. The van der Waals surface area contributed by atoms with Crippen molar-refractivity contribution in [2.24, 2.45) is 0 Å². The molecule has 1 aromatic rings. The summed E-state index contributed by atoms with van der Waals surface area (Å²) in [5, 5.41) is 3.29. The fourth-order valence-electron chi connectivity index (χ4n) is 1.83. The van der Waals surface area contributed by atoms with Gasteiger partial charge in [0.15, 0.2) is 0 Å². The maximum atomic E-state index is 4.69. The van der Waals surface area contributed by atoms with E-state index in [2.05, 4.69) is 43.2 Å². The number of hydrogen-bond donors (Lipinski definition) is 1. The molecule has 0 radical (unpaired) electrons. The van der Waals surface area contributed by atoms with E-state index in [0.29, 0.717) is 6.04 Å². The number of nitrogens with zero attached hydrogens (tertiary/aromatic N) is 2. The van der Waals surface area contributed by atoms with E-state index in [1.165, 1.54) is 11.3 Å². The molecule has 0 amide bonds. The molecule has 0 atom stereocenters. The van der Waals surface area contributed by atoms with Gasteiger partial charge >= 0.3 is 0 Å². The van der Waals surface area contributed by atoms with Gasteiger partial charge in [0, 0.05) is 25.8 Å². The third kappa shape index (κ3) is 1.97. The molecule has 0 saturated carbocycles. The molecule has 2 rings (SSSR count). The molecule has 1 aliphatic rings. The second-order valence-corrected chi connectivity index (χ2v) is 4.22. The Labute approximate surface area is 91.5 Å². The summed E-state index contributed by atoms with van der Waals surface area (Å²) >= 11 is 0. The van der Waals surface area contributed by atoms with Gasteiger partial charge in [-0.2, -0.15) is 0 Å². The first-order chi connectivity index (χ1) is 7.22. The highest BCUT2D eigenvalue weighted by Crippen LogP contribution is 2.20. The van der Waals surface area contributed by atoms with E-state index >= 15 is 0 Å². The van der Waals surface area contributed by atoms with Crippen LogP contribution in [-0.4, -0.2) is 31.2 Å². The molecule has 82 valence electrons. The predicted octanol–water partition coefficient (Wildman–Crippen LogP) is 1.36. The van der Waals surface area contributed by atoms with Crippen LogP contribution in [0.2, 0.25) is 0 Å². The summed E-state index contributed by atoms with van der Waals surface area (Å²) < 4.78 is 0. The zero-order valence-electron chi connectivity index (χ0n) is 9.75. The van der Waals surface area contributed by atoms with Gasteiger partial charge in [0.05, 0.1) is 6.04 Å². The second-order valence-electron chi connectivity index (χ2n) is 4.22. The Kier molecular flexibility index (Phi) is 2.91. The minimum absolute atomic E-state index is 0.614. The van der Waals surface area contributed by atoms with E-state index < -0.39 is 0 Å². The van der Waals surface area contributed by atoms with Crippen LogP contribution in [0.5, 0.6) is 0 Å². The van der Waals surface area contributed by atoms with E-state index in [0.717, 1.165) is 25.3 Å². The summed E-state index contributed by atoms with van der Waals surface area (Å²) in [4.78, 5) is 6.99. The first-order valence-electron chi connectivity index (χ1n) is 5.62. The molecule has 0 spiro atoms. The van der Waals surface area contributed by atoms with Gasteiger partial charge in [-0.3, -0.25) is 0 Å². The molecule has 3 nitrogen and oxygen atoms in total. The molecule has 0 aliphatic carbocycles. The zero-order valence-corrected chi connectivity index (χ0v) is 9.75. The fourth-order valence-corrected chi connectivity index (χ4v) is 1.83. The number of aryl methyl sites for hydroxylation is 2. The normalized spacial score (nSPS) is 16.2. The molecule has 1 aromatic heterocycles. The molecule has 1 aliphatic heterocycles. The van der Waals surface area contributed by atoms with Gasteiger partial charge in [-0.1, -0.05) is 13.0 Å². The van der Waals surface area contributed by atoms with Crippen molar-refractivity contribution in [1.29, 1.82) is 0 Å². The molecular weight excluding hydrogens is 186 g/mol. The lowest BCUT2D eigenvalue weighted by molar-refractivity contribution is 0.426. The van der Waals surface area contributed by atoms with E-state index in [1.54, 1.807) is 0 Å². The van der Waals surface area contributed by atoms with Crippen molar-refractivity contribution in [1.82, 2.24) is 10.3 Å². The minimum atomic E-state index is 0.614. The van der Waals surface area contributed by atoms with Crippen molar-refractivity contribution < 1.29 is 0 Å². The molecule has 1 N–H and O–H groups in total. The standard InChI is InChI=1S/C12H19N3/c1-4-10-6-5-9(2)12(14-10)15(3)11-7-13-8-11/h5-6,11,13H,4,7-8H2,1-3H3. The van der Waals surface area contributed by atoms with Gasteiger partial charge in [-0.15, -0.1) is 0 Å². The highest BCUT2D eigenvalue weighted by atomic mass is 15.3. The highest BCUT2D eigenvalue weighted by Gasteiger charge is 2.23. The number of hydrogen-bond acceptors (Lipinski definition) is 3. The van der Waals surface area contributed by atoms with Crippen LogP contribution in [0.4, 0.5) is 5.82 Å². The Morgan fingerprint density at radius 3 is 2.73 bits per heavy atom. The van der Waals surface area contributed by atoms with E-state index in [4.69, 9.17) is 4.98 Å². The number of nitrogens with one attached hydrogen (secondary N) is 1. The lowest BCUT2D eigenvalue weighted by atomic mass is 10.1. The smallest absolute Gasteiger partial charge is 0.131 e. The van der Waals surface area contributed by atoms with Crippen molar-refractivity contribution >= 4 is 5.82 Å². The highest BCUT2D eigenvalue weighted by molar-refractivity contribution is 5.48. The number of pyridine rings is 1. The average Bonchev–Trinajstić information content (AvgIpc) is 2.15. The lowest BCUT2D eigenvalue weighted by Crippen LogP contribution is -2.56. The minimum Gasteiger partial charge on any atom is -0.354 e. The predicted molar refractivity (Wildman–Crippen MR) is 63.4 cm³/mol. The summed E-state index contributed by atoms with van der Waals surface area (Å²) in [5.74, 6) is 1.14. The molecule has 0 unspecified atom stereocenters. The zero-order chi connectivity index (χ0) is 10.8. The maximum absolute atomic E-state index is 4.69. The first-order valence-corrected chi connectivity index (χ1v) is 5.62. The van der Waals surface area contributed by atoms with E-state index in [9.17, 15) is 0 Å². The summed E-state index contributed by atoms with van der Waals surface area (Å²) in [6.45, 7) is 6.43. The van der Waals surface area contributed by atoms with E-state index in [1.807, 2.05) is 0 Å². The molecule has 0 aromatic carbocycles. The van der Waals surface area contributed by atoms with Crippen LogP contribution >= 0.6 is 0 Å². The Morgan fingerprint density at radius 2 is 2.20 bits per heavy atom. The van der Waals surface area contributed by atoms with Crippen molar-refractivity contribution in [3.63, 3.8) is 0 Å². The quantitative estimate of drug-likeness (QED) is 0.807. The summed E-state index contributed by atoms with van der Waals surface area (Å²) in [5.41, 5.74) is 2.44. The van der Waals surface area contributed by atoms with Crippen LogP contribution < -0.4 is 10.2 Å². The van der Waals surface area contributed by atoms with Gasteiger partial charge in [-0.05, 0) is 25.0 Å². The van der Waals surface area contributed by atoms with Crippen molar-refractivity contribution in [3.8, 4) is 0 Å². The van der Waals surface area contributed by atoms with Crippen molar-refractivity contribution in [2.75, 3.05) is 25.0 Å². The molecule has 3 heteroatoms. The van der Waals surface area contributed by atoms with Crippen LogP contribution in [0, 0.1) is 6.92 Å². The molecule has 1 saturated heterocycles. The van der Waals surface area contributed by atoms with Crippen LogP contribution in [0.25, 0.3) is 0 Å². The SMILES string of the molecule is CCc1ccc(C)c(N(C)C2CNC2)n1. The third-order valence-corrected chi connectivity index (χ3v) is 3.13. The van der Waals surface area contributed by atoms with Crippen molar-refractivity contribution in [3.05, 3.63) is 23.4 Å². The van der Waals surface area contributed by atoms with Gasteiger partial charge in [-0.25, -0.2) is 4.98 Å². The Morgan fingerprint density at radius 1 is 1.47 bits per heavy atom. The number of rotatable bonds is 3. The topological polar surface area (TPSA) is 28.2 Å². The van der Waals surface area contributed by atoms with Gasteiger partial charge in [0.1, 0.15) is 5.82 Å². The molecule has 0 bridgehead atoms. The first kappa shape index (κ1) is 10.4. The lowest BCUT2D eigenvalue weighted by Gasteiger charge is -2.37. The number of likely N-dealkylation sites (N-methyl/N-ethyl adjacent to an activating group) is 1. The summed E-state index contributed by atoms with van der Waals surface area (Å²) in [6.07, 6.45) is 1.00. The van der Waals surface area contributed by atoms with Gasteiger partial charge < -0.3 is 10.2 Å². The van der Waals surface area contributed by atoms with Crippen LogP contribution in [0.1, 0.15) is 18.2 Å². The van der Waals surface area contributed by atoms with Crippen LogP contribution in [0.15, 0.2) is 12.1 Å². The van der Waals surface area contributed by atoms with Gasteiger partial charge in [0.25, 0.3) is 0 Å². The molecule has 15 heavy (non-hydrogen) atoms. The Balaban J connectivity index is 2.24. The molecular formula is C12H19N3. The van der Waals surface area contributed by atoms with Crippen LogP contribution in [-0.2, 0) is 6.42 Å². The van der Waals surface area contributed by atoms with Gasteiger partial charge in [0.2, 0.25) is 0 Å². The number of anilines is 1. The number of aromatic nitrogens is 1. The third-order valence-electron chi connectivity index (χ3n) is 3.13. The van der Waals surface area contributed by atoms with Crippen molar-refractivity contribution in [2.45, 2.75) is 26.3 Å². The maximum Gasteiger partial charge on any atom is 0.131 e. The largest absolute Gasteiger partial charge is 0.354 e. The molecule has 2 heterocycles. The fraction of sp³-hybridized carbons (Fsp3) is 0.583. The molecule has 1 fully saturated rings. The summed E-state index contributed by atoms with van der Waals surface area (Å²) in [7, 11) is 2.14. The van der Waals surface area contributed by atoms with Crippen LogP contribution in [0.3, 0.4) is 0 Å².